The van der Waals surface area contributed by atoms with Crippen molar-refractivity contribution in [2.75, 3.05) is 6.61 Å². The fourth-order valence-electron chi connectivity index (χ4n) is 7.59. The lowest BCUT2D eigenvalue weighted by Crippen LogP contribution is -2.45. The first-order valence-electron chi connectivity index (χ1n) is 24.8. The lowest BCUT2D eigenvalue weighted by Gasteiger charge is -2.22. The molecule has 3 N–H and O–H groups in total. The van der Waals surface area contributed by atoms with Crippen molar-refractivity contribution in [3.8, 4) is 0 Å². The zero-order valence-electron chi connectivity index (χ0n) is 37.7. The molecule has 0 saturated carbocycles. The second-order valence-electron chi connectivity index (χ2n) is 16.9. The number of aliphatic hydroxyl groups is 2. The number of hydrogen-bond acceptors (Lipinski definition) is 3. The Kier molecular flexibility index (Phi) is 46.3. The Morgan fingerprint density at radius 2 is 0.786 bits per heavy atom. The van der Waals surface area contributed by atoms with E-state index in [9.17, 15) is 15.0 Å². The third-order valence-corrected chi connectivity index (χ3v) is 11.4. The van der Waals surface area contributed by atoms with Gasteiger partial charge in [0.2, 0.25) is 5.91 Å². The number of amides is 1. The van der Waals surface area contributed by atoms with Gasteiger partial charge in [-0.25, -0.2) is 0 Å². The van der Waals surface area contributed by atoms with Crippen LogP contribution in [-0.4, -0.2) is 34.9 Å². The van der Waals surface area contributed by atoms with Crippen LogP contribution in [-0.2, 0) is 4.79 Å². The van der Waals surface area contributed by atoms with Crippen LogP contribution in [0.4, 0.5) is 0 Å². The number of aliphatic hydroxyl groups excluding tert-OH is 2. The molecule has 0 aromatic heterocycles. The number of hydrogen-bond donors (Lipinski definition) is 3. The number of allylic oxidation sites excluding steroid dienone is 8. The Balaban J connectivity index is 3.46. The zero-order valence-corrected chi connectivity index (χ0v) is 37.7. The summed E-state index contributed by atoms with van der Waals surface area (Å²) in [5.41, 5.74) is 0. The largest absolute Gasteiger partial charge is 0.394 e. The molecule has 2 unspecified atom stereocenters. The highest BCUT2D eigenvalue weighted by Crippen LogP contribution is 2.17. The molecule has 0 rings (SSSR count). The molecule has 0 spiro atoms. The van der Waals surface area contributed by atoms with Gasteiger partial charge in [-0.2, -0.15) is 0 Å². The highest BCUT2D eigenvalue weighted by molar-refractivity contribution is 5.76. The van der Waals surface area contributed by atoms with Crippen LogP contribution in [0.25, 0.3) is 0 Å². The van der Waals surface area contributed by atoms with E-state index in [2.05, 4.69) is 67.8 Å². The van der Waals surface area contributed by atoms with E-state index >= 15 is 0 Å². The molecule has 0 aliphatic heterocycles. The Morgan fingerprint density at radius 1 is 0.446 bits per heavy atom. The van der Waals surface area contributed by atoms with E-state index in [0.717, 1.165) is 51.4 Å². The van der Waals surface area contributed by atoms with Crippen LogP contribution in [0.1, 0.15) is 258 Å². The molecule has 1 amide bonds. The van der Waals surface area contributed by atoms with Crippen LogP contribution in [0.3, 0.4) is 0 Å². The van der Waals surface area contributed by atoms with Gasteiger partial charge in [-0.15, -0.1) is 0 Å². The van der Waals surface area contributed by atoms with Crippen molar-refractivity contribution in [3.63, 3.8) is 0 Å². The Bertz CT molecular complexity index is 893. The van der Waals surface area contributed by atoms with Gasteiger partial charge in [0, 0.05) is 6.42 Å². The quantitative estimate of drug-likeness (QED) is 0.0425. The van der Waals surface area contributed by atoms with Crippen LogP contribution >= 0.6 is 0 Å². The van der Waals surface area contributed by atoms with E-state index in [1.807, 2.05) is 0 Å². The van der Waals surface area contributed by atoms with Crippen LogP contribution in [0.5, 0.6) is 0 Å². The van der Waals surface area contributed by atoms with Gasteiger partial charge in [-0.05, 0) is 51.4 Å². The minimum Gasteiger partial charge on any atom is -0.394 e. The highest BCUT2D eigenvalue weighted by atomic mass is 16.3. The van der Waals surface area contributed by atoms with Gasteiger partial charge in [-0.3, -0.25) is 4.79 Å². The topological polar surface area (TPSA) is 69.6 Å². The van der Waals surface area contributed by atoms with Gasteiger partial charge < -0.3 is 15.5 Å². The van der Waals surface area contributed by atoms with Crippen molar-refractivity contribution in [1.29, 1.82) is 0 Å². The number of rotatable bonds is 45. The highest BCUT2D eigenvalue weighted by Gasteiger charge is 2.20. The fraction of sp³-hybridized carbons (Fsp3) is 0.827. The lowest BCUT2D eigenvalue weighted by molar-refractivity contribution is -0.123. The third kappa shape index (κ3) is 43.5. The van der Waals surface area contributed by atoms with Crippen LogP contribution in [0.15, 0.2) is 48.6 Å². The van der Waals surface area contributed by atoms with Gasteiger partial charge in [0.05, 0.1) is 18.8 Å². The summed E-state index contributed by atoms with van der Waals surface area (Å²) in [7, 11) is 0. The van der Waals surface area contributed by atoms with Crippen LogP contribution in [0, 0.1) is 0 Å². The molecule has 0 saturated heterocycles. The van der Waals surface area contributed by atoms with Crippen LogP contribution in [0.2, 0.25) is 0 Å². The van der Waals surface area contributed by atoms with Gasteiger partial charge in [0.1, 0.15) is 0 Å². The monoisotopic (exact) mass is 784 g/mol. The molecule has 0 bridgehead atoms. The second kappa shape index (κ2) is 47.7. The Hall–Kier alpha value is -1.65. The molecule has 328 valence electrons. The maximum absolute atomic E-state index is 12.4. The van der Waals surface area contributed by atoms with Crippen molar-refractivity contribution in [1.82, 2.24) is 5.32 Å². The van der Waals surface area contributed by atoms with Gasteiger partial charge >= 0.3 is 0 Å². The predicted octanol–water partition coefficient (Wildman–Crippen LogP) is 15.9. The number of nitrogens with one attached hydrogen (secondary N) is 1. The van der Waals surface area contributed by atoms with Crippen molar-refractivity contribution in [3.05, 3.63) is 48.6 Å². The van der Waals surface area contributed by atoms with E-state index in [1.54, 1.807) is 0 Å². The molecular formula is C52H97NO3. The maximum Gasteiger partial charge on any atom is 0.220 e. The summed E-state index contributed by atoms with van der Waals surface area (Å²) < 4.78 is 0. The first kappa shape index (κ1) is 54.3. The molecule has 0 aromatic carbocycles. The van der Waals surface area contributed by atoms with E-state index in [-0.39, 0.29) is 12.5 Å². The molecule has 4 nitrogen and oxygen atoms in total. The third-order valence-electron chi connectivity index (χ3n) is 11.4. The van der Waals surface area contributed by atoms with E-state index < -0.39 is 12.1 Å². The van der Waals surface area contributed by atoms with Gasteiger partial charge in [-0.1, -0.05) is 249 Å². The van der Waals surface area contributed by atoms with Crippen molar-refractivity contribution in [2.24, 2.45) is 0 Å². The molecule has 0 aromatic rings. The summed E-state index contributed by atoms with van der Waals surface area (Å²) >= 11 is 0. The summed E-state index contributed by atoms with van der Waals surface area (Å²) in [6, 6.07) is -0.536. The molecule has 2 atom stereocenters. The standard InChI is InChI=1S/C52H97NO3/c1-3-5-7-9-11-13-15-17-19-20-21-22-23-24-25-26-27-28-29-30-31-32-34-36-38-40-42-44-46-48-52(56)53-50(49-54)51(55)47-45-43-41-39-37-35-33-18-16-14-12-10-8-6-4-2/h5,7,11,13,17,19,21-22,50-51,54-55H,3-4,6,8-10,12,14-16,18,20,23-49H2,1-2H3,(H,53,56)/b7-5-,13-11-,19-17-,22-21-. The molecule has 0 aliphatic carbocycles. The van der Waals surface area contributed by atoms with Crippen molar-refractivity contribution < 1.29 is 15.0 Å². The minimum absolute atomic E-state index is 0.0303. The first-order valence-corrected chi connectivity index (χ1v) is 24.8. The summed E-state index contributed by atoms with van der Waals surface area (Å²) in [4.78, 5) is 12.4. The molecule has 0 radical (unpaired) electrons. The molecule has 0 heterocycles. The summed E-state index contributed by atoms with van der Waals surface area (Å²) in [6.07, 6.45) is 65.0. The summed E-state index contributed by atoms with van der Waals surface area (Å²) in [5.74, 6) is -0.0303. The SMILES string of the molecule is CC/C=C\C/C=C\C/C=C\C/C=C\CCCCCCCCCCCCCCCCCCC(=O)NC(CO)C(O)CCCCCCCCCCCCCCCCC. The molecule has 0 aliphatic rings. The van der Waals surface area contributed by atoms with Crippen molar-refractivity contribution >= 4 is 5.91 Å². The van der Waals surface area contributed by atoms with E-state index in [4.69, 9.17) is 0 Å². The number of unbranched alkanes of at least 4 members (excludes halogenated alkanes) is 30. The number of carbonyl (C=O) groups excluding carboxylic acids is 1. The van der Waals surface area contributed by atoms with Crippen LogP contribution < -0.4 is 5.32 Å². The zero-order chi connectivity index (χ0) is 40.7. The first-order chi connectivity index (χ1) is 27.7. The second-order valence-corrected chi connectivity index (χ2v) is 16.9. The minimum atomic E-state index is -0.659. The maximum atomic E-state index is 12.4. The average Bonchev–Trinajstić information content (AvgIpc) is 3.20. The lowest BCUT2D eigenvalue weighted by atomic mass is 10.0. The van der Waals surface area contributed by atoms with Crippen molar-refractivity contribution in [2.45, 2.75) is 270 Å². The molecule has 0 fully saturated rings. The summed E-state index contributed by atoms with van der Waals surface area (Å²) in [5, 5.41) is 23.2. The Morgan fingerprint density at radius 3 is 1.18 bits per heavy atom. The molecule has 56 heavy (non-hydrogen) atoms. The normalized spacial score (nSPS) is 13.3. The van der Waals surface area contributed by atoms with E-state index in [1.165, 1.54) is 180 Å². The molecule has 4 heteroatoms. The van der Waals surface area contributed by atoms with E-state index in [0.29, 0.717) is 12.8 Å². The van der Waals surface area contributed by atoms with Gasteiger partial charge in [0.15, 0.2) is 0 Å². The smallest absolute Gasteiger partial charge is 0.220 e. The predicted molar refractivity (Wildman–Crippen MR) is 248 cm³/mol. The fourth-order valence-corrected chi connectivity index (χ4v) is 7.59. The molecular weight excluding hydrogens is 687 g/mol. The Labute approximate surface area is 350 Å². The summed E-state index contributed by atoms with van der Waals surface area (Å²) in [6.45, 7) is 4.26. The van der Waals surface area contributed by atoms with Gasteiger partial charge in [0.25, 0.3) is 0 Å². The number of carbonyl (C=O) groups is 1. The average molecular weight is 784 g/mol.